The second-order valence-electron chi connectivity index (χ2n) is 6.41. The minimum Gasteiger partial charge on any atom is -0.344 e. The van der Waals surface area contributed by atoms with Crippen molar-refractivity contribution in [2.24, 2.45) is 0 Å². The zero-order valence-corrected chi connectivity index (χ0v) is 15.5. The molecule has 28 heavy (non-hydrogen) atoms. The first-order valence-electron chi connectivity index (χ1n) is 8.68. The summed E-state index contributed by atoms with van der Waals surface area (Å²) in [6.45, 7) is 4.01. The molecule has 0 atom stereocenters. The Morgan fingerprint density at radius 1 is 1.07 bits per heavy atom. The van der Waals surface area contributed by atoms with Crippen molar-refractivity contribution in [1.82, 2.24) is 4.57 Å². The number of benzene rings is 2. The van der Waals surface area contributed by atoms with Crippen LogP contribution in [-0.4, -0.2) is 15.4 Å². The number of para-hydroxylation sites is 2. The smallest absolute Gasteiger partial charge is 0.292 e. The Morgan fingerprint density at radius 2 is 1.71 bits per heavy atom. The fraction of sp³-hybridized carbons (Fsp3) is 0.143. The summed E-state index contributed by atoms with van der Waals surface area (Å²) in [5.41, 5.74) is 1.63. The molecule has 1 amide bonds. The molecule has 7 heteroatoms. The summed E-state index contributed by atoms with van der Waals surface area (Å²) < 4.78 is 1.88. The molecule has 1 N–H and O–H groups in total. The van der Waals surface area contributed by atoms with E-state index in [-0.39, 0.29) is 16.9 Å². The predicted molar refractivity (Wildman–Crippen MR) is 107 cm³/mol. The van der Waals surface area contributed by atoms with E-state index in [1.807, 2.05) is 34.9 Å². The van der Waals surface area contributed by atoms with Gasteiger partial charge in [0.15, 0.2) is 5.43 Å². The van der Waals surface area contributed by atoms with Gasteiger partial charge in [0.25, 0.3) is 11.6 Å². The second kappa shape index (κ2) is 7.87. The van der Waals surface area contributed by atoms with Gasteiger partial charge < -0.3 is 9.88 Å². The molecule has 0 aliphatic heterocycles. The highest BCUT2D eigenvalue weighted by Gasteiger charge is 2.21. The van der Waals surface area contributed by atoms with Gasteiger partial charge in [0.1, 0.15) is 11.3 Å². The molecule has 2 aromatic carbocycles. The quantitative estimate of drug-likeness (QED) is 0.542. The molecule has 3 aromatic rings. The number of hydrogen-bond donors (Lipinski definition) is 1. The summed E-state index contributed by atoms with van der Waals surface area (Å²) in [5, 5.41) is 13.7. The fourth-order valence-electron chi connectivity index (χ4n) is 3.13. The minimum atomic E-state index is -0.668. The van der Waals surface area contributed by atoms with E-state index in [1.54, 1.807) is 19.9 Å². The lowest BCUT2D eigenvalue weighted by atomic mass is 10.1. The van der Waals surface area contributed by atoms with Gasteiger partial charge in [0.05, 0.1) is 4.92 Å². The molecule has 1 heterocycles. The molecule has 0 bridgehead atoms. The molecule has 0 spiro atoms. The van der Waals surface area contributed by atoms with Gasteiger partial charge >= 0.3 is 0 Å². The number of carbonyl (C=O) groups excluding carboxylic acids is 1. The topological polar surface area (TPSA) is 94.2 Å². The number of nitro groups is 1. The summed E-state index contributed by atoms with van der Waals surface area (Å²) in [4.78, 5) is 35.9. The van der Waals surface area contributed by atoms with Crippen LogP contribution < -0.4 is 10.7 Å². The number of nitrogens with zero attached hydrogens (tertiary/aromatic N) is 2. The maximum absolute atomic E-state index is 12.8. The van der Waals surface area contributed by atoms with E-state index in [1.165, 1.54) is 24.3 Å². The maximum atomic E-state index is 12.8. The Hall–Kier alpha value is -3.74. The van der Waals surface area contributed by atoms with Crippen molar-refractivity contribution in [1.29, 1.82) is 0 Å². The largest absolute Gasteiger partial charge is 0.344 e. The van der Waals surface area contributed by atoms with Gasteiger partial charge in [-0.2, -0.15) is 0 Å². The van der Waals surface area contributed by atoms with Gasteiger partial charge in [-0.05, 0) is 25.5 Å². The van der Waals surface area contributed by atoms with E-state index in [0.29, 0.717) is 12.2 Å². The second-order valence-corrected chi connectivity index (χ2v) is 6.41. The number of nitro benzene ring substituents is 1. The number of rotatable bonds is 5. The van der Waals surface area contributed by atoms with Crippen molar-refractivity contribution in [3.63, 3.8) is 0 Å². The molecule has 0 saturated heterocycles. The summed E-state index contributed by atoms with van der Waals surface area (Å²) in [7, 11) is 0. The number of hydrogen-bond acceptors (Lipinski definition) is 4. The van der Waals surface area contributed by atoms with Crippen molar-refractivity contribution in [3.8, 4) is 0 Å². The average molecular weight is 377 g/mol. The van der Waals surface area contributed by atoms with Crippen LogP contribution in [0.15, 0.2) is 65.5 Å². The summed E-state index contributed by atoms with van der Waals surface area (Å²) in [6, 6.07) is 16.9. The molecule has 0 radical (unpaired) electrons. The van der Waals surface area contributed by atoms with Crippen molar-refractivity contribution in [2.45, 2.75) is 20.4 Å². The minimum absolute atomic E-state index is 0.0281. The first kappa shape index (κ1) is 19.0. The van der Waals surface area contributed by atoms with E-state index < -0.39 is 16.3 Å². The summed E-state index contributed by atoms with van der Waals surface area (Å²) in [5.74, 6) is -0.668. The standard InChI is InChI=1S/C21H19N3O4/c1-14-12-19(25)20(15(2)23(14)13-16-8-4-3-5-9-16)21(26)22-17-10-6-7-11-18(17)24(27)28/h3-12H,13H2,1-2H3,(H,22,26). The highest BCUT2D eigenvalue weighted by atomic mass is 16.6. The van der Waals surface area contributed by atoms with E-state index in [0.717, 1.165) is 11.3 Å². The molecule has 0 unspecified atom stereocenters. The third-order valence-electron chi connectivity index (χ3n) is 4.54. The third-order valence-corrected chi connectivity index (χ3v) is 4.54. The van der Waals surface area contributed by atoms with Gasteiger partial charge in [-0.15, -0.1) is 0 Å². The molecule has 142 valence electrons. The highest BCUT2D eigenvalue weighted by Crippen LogP contribution is 2.24. The van der Waals surface area contributed by atoms with Gasteiger partial charge in [0, 0.05) is 30.1 Å². The van der Waals surface area contributed by atoms with Crippen LogP contribution in [0, 0.1) is 24.0 Å². The fourth-order valence-corrected chi connectivity index (χ4v) is 3.13. The maximum Gasteiger partial charge on any atom is 0.292 e. The number of aromatic nitrogens is 1. The van der Waals surface area contributed by atoms with Crippen LogP contribution in [0.3, 0.4) is 0 Å². The molecule has 0 aliphatic carbocycles. The van der Waals surface area contributed by atoms with E-state index >= 15 is 0 Å². The number of aryl methyl sites for hydroxylation is 1. The molecule has 3 rings (SSSR count). The number of pyridine rings is 1. The molecule has 1 aromatic heterocycles. The molecule has 0 saturated carbocycles. The first-order valence-corrected chi connectivity index (χ1v) is 8.68. The van der Waals surface area contributed by atoms with Crippen LogP contribution in [0.2, 0.25) is 0 Å². The van der Waals surface area contributed by atoms with Crippen LogP contribution in [-0.2, 0) is 6.54 Å². The number of carbonyl (C=O) groups is 1. The Balaban J connectivity index is 2.00. The van der Waals surface area contributed by atoms with E-state index in [2.05, 4.69) is 5.32 Å². The van der Waals surface area contributed by atoms with E-state index in [9.17, 15) is 19.7 Å². The molecule has 0 fully saturated rings. The Labute approximate surface area is 161 Å². The van der Waals surface area contributed by atoms with Gasteiger partial charge in [-0.3, -0.25) is 19.7 Å². The molecular weight excluding hydrogens is 358 g/mol. The van der Waals surface area contributed by atoms with Crippen LogP contribution >= 0.6 is 0 Å². The van der Waals surface area contributed by atoms with Crippen molar-refractivity contribution in [3.05, 3.63) is 104 Å². The Morgan fingerprint density at radius 3 is 2.39 bits per heavy atom. The average Bonchev–Trinajstić information content (AvgIpc) is 2.66. The number of anilines is 1. The zero-order chi connectivity index (χ0) is 20.3. The molecular formula is C21H19N3O4. The van der Waals surface area contributed by atoms with Crippen molar-refractivity contribution in [2.75, 3.05) is 5.32 Å². The summed E-state index contributed by atoms with van der Waals surface area (Å²) >= 11 is 0. The van der Waals surface area contributed by atoms with Gasteiger partial charge in [0.2, 0.25) is 0 Å². The van der Waals surface area contributed by atoms with Gasteiger partial charge in [-0.25, -0.2) is 0 Å². The molecule has 0 aliphatic rings. The Kier molecular flexibility index (Phi) is 5.35. The zero-order valence-electron chi connectivity index (χ0n) is 15.5. The van der Waals surface area contributed by atoms with Gasteiger partial charge in [-0.1, -0.05) is 42.5 Å². The lowest BCUT2D eigenvalue weighted by Crippen LogP contribution is -2.27. The van der Waals surface area contributed by atoms with Crippen molar-refractivity contribution >= 4 is 17.3 Å². The van der Waals surface area contributed by atoms with Crippen LogP contribution in [0.5, 0.6) is 0 Å². The SMILES string of the molecule is Cc1cc(=O)c(C(=O)Nc2ccccc2[N+](=O)[O-])c(C)n1Cc1ccccc1. The highest BCUT2D eigenvalue weighted by molar-refractivity contribution is 6.06. The lowest BCUT2D eigenvalue weighted by Gasteiger charge is -2.17. The number of amides is 1. The molecule has 7 nitrogen and oxygen atoms in total. The van der Waals surface area contributed by atoms with Crippen LogP contribution in [0.1, 0.15) is 27.3 Å². The van der Waals surface area contributed by atoms with Crippen LogP contribution in [0.25, 0.3) is 0 Å². The normalized spacial score (nSPS) is 10.5. The first-order chi connectivity index (χ1) is 13.4. The summed E-state index contributed by atoms with van der Waals surface area (Å²) in [6.07, 6.45) is 0. The lowest BCUT2D eigenvalue weighted by molar-refractivity contribution is -0.383. The monoisotopic (exact) mass is 377 g/mol. The number of nitrogens with one attached hydrogen (secondary N) is 1. The van der Waals surface area contributed by atoms with Crippen molar-refractivity contribution < 1.29 is 9.72 Å². The van der Waals surface area contributed by atoms with Crippen LogP contribution in [0.4, 0.5) is 11.4 Å². The van der Waals surface area contributed by atoms with E-state index in [4.69, 9.17) is 0 Å². The third kappa shape index (κ3) is 3.83. The Bertz CT molecular complexity index is 1100. The predicted octanol–water partition coefficient (Wildman–Crippen LogP) is 3.67.